The summed E-state index contributed by atoms with van der Waals surface area (Å²) in [6.07, 6.45) is -0.830. The normalized spacial score (nSPS) is 11.6. The molecule has 0 bridgehead atoms. The van der Waals surface area contributed by atoms with Crippen LogP contribution in [0.2, 0.25) is 0 Å². The van der Waals surface area contributed by atoms with Gasteiger partial charge < -0.3 is 15.7 Å². The zero-order chi connectivity index (χ0) is 17.7. The fourth-order valence-corrected chi connectivity index (χ4v) is 2.28. The first kappa shape index (κ1) is 17.4. The van der Waals surface area contributed by atoms with Gasteiger partial charge in [0.25, 0.3) is 5.69 Å². The Bertz CT molecular complexity index is 761. The number of rotatable bonds is 5. The monoisotopic (exact) mass is 329 g/mol. The third-order valence-electron chi connectivity index (χ3n) is 3.68. The van der Waals surface area contributed by atoms with Crippen molar-refractivity contribution in [1.29, 1.82) is 0 Å². The minimum Gasteiger partial charge on any atom is -0.387 e. The number of aliphatic hydroxyl groups is 1. The van der Waals surface area contributed by atoms with Crippen LogP contribution < -0.4 is 10.6 Å². The molecule has 0 aliphatic rings. The Morgan fingerprint density at radius 2 is 1.92 bits per heavy atom. The molecule has 7 heteroatoms. The molecule has 2 aromatic carbocycles. The number of nitrogens with one attached hydrogen (secondary N) is 2. The quantitative estimate of drug-likeness (QED) is 0.579. The number of hydrogen-bond acceptors (Lipinski definition) is 4. The molecule has 0 fully saturated rings. The summed E-state index contributed by atoms with van der Waals surface area (Å²) in [7, 11) is 0. The van der Waals surface area contributed by atoms with E-state index in [1.54, 1.807) is 19.1 Å². The van der Waals surface area contributed by atoms with Gasteiger partial charge in [0.15, 0.2) is 0 Å². The molecule has 2 aromatic rings. The van der Waals surface area contributed by atoms with Crippen LogP contribution in [0.3, 0.4) is 0 Å². The molecule has 0 radical (unpaired) electrons. The number of anilines is 1. The van der Waals surface area contributed by atoms with Crippen LogP contribution in [-0.4, -0.2) is 22.6 Å². The first-order chi connectivity index (χ1) is 11.4. The summed E-state index contributed by atoms with van der Waals surface area (Å²) in [5, 5.41) is 26.1. The Balaban J connectivity index is 1.98. The third kappa shape index (κ3) is 4.30. The van der Waals surface area contributed by atoms with Gasteiger partial charge in [0.1, 0.15) is 0 Å². The lowest BCUT2D eigenvalue weighted by Gasteiger charge is -2.15. The van der Waals surface area contributed by atoms with Crippen molar-refractivity contribution in [3.8, 4) is 0 Å². The highest BCUT2D eigenvalue weighted by atomic mass is 16.6. The van der Waals surface area contributed by atoms with E-state index in [0.717, 1.165) is 11.1 Å². The molecule has 7 nitrogen and oxygen atoms in total. The SMILES string of the molecule is Cc1ccc([N+](=O)[O-])cc1NC(=O)NCC(O)c1ccccc1C. The van der Waals surface area contributed by atoms with E-state index in [0.29, 0.717) is 11.3 Å². The Morgan fingerprint density at radius 1 is 1.21 bits per heavy atom. The average Bonchev–Trinajstić information content (AvgIpc) is 2.55. The second kappa shape index (κ2) is 7.56. The van der Waals surface area contributed by atoms with Crippen molar-refractivity contribution in [2.75, 3.05) is 11.9 Å². The second-order valence-corrected chi connectivity index (χ2v) is 5.46. The highest BCUT2D eigenvalue weighted by molar-refractivity contribution is 5.90. The average molecular weight is 329 g/mol. The highest BCUT2D eigenvalue weighted by Gasteiger charge is 2.13. The Kier molecular flexibility index (Phi) is 5.49. The molecule has 24 heavy (non-hydrogen) atoms. The van der Waals surface area contributed by atoms with Crippen molar-refractivity contribution in [3.05, 3.63) is 69.3 Å². The summed E-state index contributed by atoms with van der Waals surface area (Å²) in [6.45, 7) is 3.65. The smallest absolute Gasteiger partial charge is 0.319 e. The molecule has 1 unspecified atom stereocenters. The van der Waals surface area contributed by atoms with Gasteiger partial charge in [0.05, 0.1) is 16.7 Å². The number of nitro benzene ring substituents is 1. The lowest BCUT2D eigenvalue weighted by Crippen LogP contribution is -2.32. The summed E-state index contributed by atoms with van der Waals surface area (Å²) >= 11 is 0. The fourth-order valence-electron chi connectivity index (χ4n) is 2.28. The Hall–Kier alpha value is -2.93. The van der Waals surface area contributed by atoms with Crippen molar-refractivity contribution in [2.45, 2.75) is 20.0 Å². The van der Waals surface area contributed by atoms with Crippen molar-refractivity contribution >= 4 is 17.4 Å². The van der Waals surface area contributed by atoms with Gasteiger partial charge in [-0.25, -0.2) is 4.79 Å². The van der Waals surface area contributed by atoms with E-state index in [2.05, 4.69) is 10.6 Å². The first-order valence-electron chi connectivity index (χ1n) is 7.42. The number of non-ortho nitro benzene ring substituents is 1. The van der Waals surface area contributed by atoms with Crippen LogP contribution in [-0.2, 0) is 0 Å². The number of urea groups is 1. The number of carbonyl (C=O) groups excluding carboxylic acids is 1. The molecule has 0 aliphatic carbocycles. The summed E-state index contributed by atoms with van der Waals surface area (Å²) in [5.74, 6) is 0. The lowest BCUT2D eigenvalue weighted by molar-refractivity contribution is -0.384. The molecular formula is C17H19N3O4. The molecule has 126 valence electrons. The van der Waals surface area contributed by atoms with Crippen molar-refractivity contribution < 1.29 is 14.8 Å². The maximum atomic E-state index is 12.0. The number of aliphatic hydroxyl groups excluding tert-OH is 1. The largest absolute Gasteiger partial charge is 0.387 e. The maximum Gasteiger partial charge on any atom is 0.319 e. The Morgan fingerprint density at radius 3 is 2.58 bits per heavy atom. The van der Waals surface area contributed by atoms with E-state index in [-0.39, 0.29) is 12.2 Å². The summed E-state index contributed by atoms with van der Waals surface area (Å²) in [4.78, 5) is 22.2. The van der Waals surface area contributed by atoms with E-state index in [1.165, 1.54) is 12.1 Å². The van der Waals surface area contributed by atoms with Crippen molar-refractivity contribution in [1.82, 2.24) is 5.32 Å². The van der Waals surface area contributed by atoms with E-state index in [4.69, 9.17) is 0 Å². The molecule has 3 N–H and O–H groups in total. The summed E-state index contributed by atoms with van der Waals surface area (Å²) < 4.78 is 0. The van der Waals surface area contributed by atoms with E-state index in [1.807, 2.05) is 25.1 Å². The van der Waals surface area contributed by atoms with E-state index >= 15 is 0 Å². The number of benzene rings is 2. The fraction of sp³-hybridized carbons (Fsp3) is 0.235. The number of amides is 2. The van der Waals surface area contributed by atoms with Crippen LogP contribution in [0.1, 0.15) is 22.8 Å². The maximum absolute atomic E-state index is 12.0. The number of aryl methyl sites for hydroxylation is 2. The third-order valence-corrected chi connectivity index (χ3v) is 3.68. The molecule has 0 aromatic heterocycles. The molecule has 1 atom stereocenters. The Labute approximate surface area is 139 Å². The van der Waals surface area contributed by atoms with Gasteiger partial charge >= 0.3 is 6.03 Å². The predicted molar refractivity (Wildman–Crippen MR) is 91.0 cm³/mol. The van der Waals surface area contributed by atoms with E-state index < -0.39 is 17.1 Å². The topological polar surface area (TPSA) is 105 Å². The predicted octanol–water partition coefficient (Wildman–Crippen LogP) is 3.07. The molecule has 0 saturated carbocycles. The molecule has 0 aliphatic heterocycles. The van der Waals surface area contributed by atoms with Gasteiger partial charge in [-0.2, -0.15) is 0 Å². The molecule has 0 spiro atoms. The number of hydrogen-bond donors (Lipinski definition) is 3. The van der Waals surface area contributed by atoms with Gasteiger partial charge in [-0.05, 0) is 30.5 Å². The van der Waals surface area contributed by atoms with Crippen LogP contribution in [0.15, 0.2) is 42.5 Å². The summed E-state index contributed by atoms with van der Waals surface area (Å²) in [6, 6.07) is 11.1. The van der Waals surface area contributed by atoms with Crippen LogP contribution in [0.5, 0.6) is 0 Å². The van der Waals surface area contributed by atoms with Gasteiger partial charge in [-0.15, -0.1) is 0 Å². The van der Waals surface area contributed by atoms with Crippen LogP contribution in [0.4, 0.5) is 16.2 Å². The van der Waals surface area contributed by atoms with Gasteiger partial charge in [-0.3, -0.25) is 10.1 Å². The van der Waals surface area contributed by atoms with Crippen LogP contribution >= 0.6 is 0 Å². The van der Waals surface area contributed by atoms with Crippen LogP contribution in [0.25, 0.3) is 0 Å². The summed E-state index contributed by atoms with van der Waals surface area (Å²) in [5.41, 5.74) is 2.63. The number of carbonyl (C=O) groups is 1. The van der Waals surface area contributed by atoms with Crippen LogP contribution in [0, 0.1) is 24.0 Å². The van der Waals surface area contributed by atoms with Crippen molar-refractivity contribution in [3.63, 3.8) is 0 Å². The zero-order valence-corrected chi connectivity index (χ0v) is 13.4. The minimum atomic E-state index is -0.830. The van der Waals surface area contributed by atoms with Crippen molar-refractivity contribution in [2.24, 2.45) is 0 Å². The molecule has 2 rings (SSSR count). The molecule has 0 saturated heterocycles. The van der Waals surface area contributed by atoms with Gasteiger partial charge in [0, 0.05) is 18.7 Å². The number of nitrogens with zero attached hydrogens (tertiary/aromatic N) is 1. The second-order valence-electron chi connectivity index (χ2n) is 5.46. The standard InChI is InChI=1S/C17H19N3O4/c1-11-5-3-4-6-14(11)16(21)10-18-17(22)19-15-9-13(20(23)24)8-7-12(15)2/h3-9,16,21H,10H2,1-2H3,(H2,18,19,22). The zero-order valence-electron chi connectivity index (χ0n) is 13.4. The van der Waals surface area contributed by atoms with E-state index in [9.17, 15) is 20.0 Å². The van der Waals surface area contributed by atoms with Gasteiger partial charge in [0.2, 0.25) is 0 Å². The molecule has 0 heterocycles. The first-order valence-corrected chi connectivity index (χ1v) is 7.42. The minimum absolute atomic E-state index is 0.0324. The molecule has 2 amide bonds. The lowest BCUT2D eigenvalue weighted by atomic mass is 10.0. The highest BCUT2D eigenvalue weighted by Crippen LogP contribution is 2.22. The number of nitro groups is 1. The molecular weight excluding hydrogens is 310 g/mol. The van der Waals surface area contributed by atoms with Gasteiger partial charge in [-0.1, -0.05) is 30.3 Å².